The Labute approximate surface area is 114 Å². The van der Waals surface area contributed by atoms with Crippen LogP contribution in [-0.4, -0.2) is 15.3 Å². The Morgan fingerprint density at radius 1 is 1.39 bits per heavy atom. The quantitative estimate of drug-likeness (QED) is 0.883. The van der Waals surface area contributed by atoms with E-state index in [1.54, 1.807) is 0 Å². The maximum atomic E-state index is 9.88. The third kappa shape index (κ3) is 3.48. The maximum Gasteiger partial charge on any atom is 0.0965 e. The zero-order chi connectivity index (χ0) is 13.0. The predicted octanol–water partition coefficient (Wildman–Crippen LogP) is 4.26. The van der Waals surface area contributed by atoms with Crippen LogP contribution in [0.15, 0.2) is 17.3 Å². The SMILES string of the molecule is CC[C@H](O)c1cnc(SC2CCCCC2)cc1C. The largest absolute Gasteiger partial charge is 0.388 e. The van der Waals surface area contributed by atoms with Crippen molar-refractivity contribution in [2.24, 2.45) is 0 Å². The molecule has 100 valence electrons. The summed E-state index contributed by atoms with van der Waals surface area (Å²) < 4.78 is 0. The second kappa shape index (κ2) is 6.58. The second-order valence-corrected chi connectivity index (χ2v) is 6.50. The zero-order valence-corrected chi connectivity index (χ0v) is 12.2. The Bertz CT molecular complexity index is 388. The third-order valence-corrected chi connectivity index (χ3v) is 4.98. The first-order valence-corrected chi connectivity index (χ1v) is 7.90. The molecule has 3 heteroatoms. The third-order valence-electron chi connectivity index (χ3n) is 3.71. The van der Waals surface area contributed by atoms with Crippen LogP contribution >= 0.6 is 11.8 Å². The lowest BCUT2D eigenvalue weighted by Crippen LogP contribution is -2.08. The Kier molecular flexibility index (Phi) is 5.07. The molecule has 0 saturated heterocycles. The van der Waals surface area contributed by atoms with Crippen molar-refractivity contribution in [3.8, 4) is 0 Å². The van der Waals surface area contributed by atoms with Crippen LogP contribution in [0.3, 0.4) is 0 Å². The molecule has 1 aliphatic rings. The Hall–Kier alpha value is -0.540. The summed E-state index contributed by atoms with van der Waals surface area (Å²) in [5.41, 5.74) is 2.14. The molecular formula is C15H23NOS. The van der Waals surface area contributed by atoms with E-state index in [2.05, 4.69) is 18.0 Å². The standard InChI is InChI=1S/C15H23NOS/c1-3-14(17)13-10-16-15(9-11(13)2)18-12-7-5-4-6-8-12/h9-10,12,14,17H,3-8H2,1-2H3/t14-/m0/s1. The van der Waals surface area contributed by atoms with E-state index < -0.39 is 0 Å². The van der Waals surface area contributed by atoms with Crippen molar-refractivity contribution < 1.29 is 5.11 Å². The van der Waals surface area contributed by atoms with Crippen molar-refractivity contribution in [3.05, 3.63) is 23.4 Å². The predicted molar refractivity (Wildman–Crippen MR) is 77.0 cm³/mol. The minimum absolute atomic E-state index is 0.369. The second-order valence-electron chi connectivity index (χ2n) is 5.18. The average Bonchev–Trinajstić information content (AvgIpc) is 2.39. The first kappa shape index (κ1) is 13.9. The van der Waals surface area contributed by atoms with E-state index in [1.165, 1.54) is 32.1 Å². The molecule has 1 aromatic heterocycles. The van der Waals surface area contributed by atoms with Crippen molar-refractivity contribution in [2.75, 3.05) is 0 Å². The van der Waals surface area contributed by atoms with Gasteiger partial charge in [-0.15, -0.1) is 11.8 Å². The highest BCUT2D eigenvalue weighted by Crippen LogP contribution is 2.33. The summed E-state index contributed by atoms with van der Waals surface area (Å²) in [4.78, 5) is 4.51. The summed E-state index contributed by atoms with van der Waals surface area (Å²) >= 11 is 1.91. The number of pyridine rings is 1. The summed E-state index contributed by atoms with van der Waals surface area (Å²) in [5.74, 6) is 0. The van der Waals surface area contributed by atoms with Crippen molar-refractivity contribution >= 4 is 11.8 Å². The number of aliphatic hydroxyl groups excluding tert-OH is 1. The smallest absolute Gasteiger partial charge is 0.0965 e. The van der Waals surface area contributed by atoms with Crippen LogP contribution in [0.25, 0.3) is 0 Å². The number of hydrogen-bond acceptors (Lipinski definition) is 3. The number of thioether (sulfide) groups is 1. The Morgan fingerprint density at radius 2 is 2.11 bits per heavy atom. The van der Waals surface area contributed by atoms with Gasteiger partial charge in [0.25, 0.3) is 0 Å². The van der Waals surface area contributed by atoms with Gasteiger partial charge in [-0.1, -0.05) is 26.2 Å². The number of hydrogen-bond donors (Lipinski definition) is 1. The van der Waals surface area contributed by atoms with Gasteiger partial charge >= 0.3 is 0 Å². The summed E-state index contributed by atoms with van der Waals surface area (Å²) in [6, 6.07) is 2.13. The Balaban J connectivity index is 2.03. The summed E-state index contributed by atoms with van der Waals surface area (Å²) in [5, 5.41) is 11.7. The van der Waals surface area contributed by atoms with Crippen LogP contribution in [0, 0.1) is 6.92 Å². The molecule has 0 aromatic carbocycles. The van der Waals surface area contributed by atoms with Crippen LogP contribution in [-0.2, 0) is 0 Å². The first-order valence-electron chi connectivity index (χ1n) is 7.02. The molecule has 0 radical (unpaired) electrons. The van der Waals surface area contributed by atoms with E-state index in [0.717, 1.165) is 27.8 Å². The molecule has 2 rings (SSSR count). The summed E-state index contributed by atoms with van der Waals surface area (Å²) in [6.45, 7) is 4.07. The van der Waals surface area contributed by atoms with Crippen molar-refractivity contribution in [1.29, 1.82) is 0 Å². The molecular weight excluding hydrogens is 242 g/mol. The van der Waals surface area contributed by atoms with Crippen LogP contribution in [0.5, 0.6) is 0 Å². The number of nitrogens with zero attached hydrogens (tertiary/aromatic N) is 1. The van der Waals surface area contributed by atoms with Gasteiger partial charge in [-0.25, -0.2) is 4.98 Å². The van der Waals surface area contributed by atoms with E-state index in [-0.39, 0.29) is 6.10 Å². The monoisotopic (exact) mass is 265 g/mol. The minimum Gasteiger partial charge on any atom is -0.388 e. The van der Waals surface area contributed by atoms with Crippen LogP contribution < -0.4 is 0 Å². The molecule has 1 N–H and O–H groups in total. The molecule has 1 fully saturated rings. The molecule has 0 amide bonds. The maximum absolute atomic E-state index is 9.88. The van der Waals surface area contributed by atoms with Crippen LogP contribution in [0.4, 0.5) is 0 Å². The highest BCUT2D eigenvalue weighted by atomic mass is 32.2. The number of aromatic nitrogens is 1. The van der Waals surface area contributed by atoms with Gasteiger partial charge in [-0.3, -0.25) is 0 Å². The van der Waals surface area contributed by atoms with E-state index in [1.807, 2.05) is 24.9 Å². The molecule has 18 heavy (non-hydrogen) atoms. The molecule has 2 nitrogen and oxygen atoms in total. The van der Waals surface area contributed by atoms with Gasteiger partial charge in [-0.2, -0.15) is 0 Å². The highest BCUT2D eigenvalue weighted by Gasteiger charge is 2.16. The van der Waals surface area contributed by atoms with Crippen LogP contribution in [0.1, 0.15) is 62.7 Å². The summed E-state index contributed by atoms with van der Waals surface area (Å²) in [7, 11) is 0. The van der Waals surface area contributed by atoms with Gasteiger partial charge in [0.2, 0.25) is 0 Å². The van der Waals surface area contributed by atoms with Gasteiger partial charge < -0.3 is 5.11 Å². The fourth-order valence-corrected chi connectivity index (χ4v) is 3.80. The van der Waals surface area contributed by atoms with Gasteiger partial charge in [0.1, 0.15) is 0 Å². The van der Waals surface area contributed by atoms with Crippen molar-refractivity contribution in [3.63, 3.8) is 0 Å². The van der Waals surface area contributed by atoms with Gasteiger partial charge in [-0.05, 0) is 37.8 Å². The van der Waals surface area contributed by atoms with E-state index >= 15 is 0 Å². The molecule has 1 saturated carbocycles. The average molecular weight is 265 g/mol. The molecule has 0 spiro atoms. The van der Waals surface area contributed by atoms with Gasteiger partial charge in [0.05, 0.1) is 11.1 Å². The fraction of sp³-hybridized carbons (Fsp3) is 0.667. The molecule has 0 aliphatic heterocycles. The van der Waals surface area contributed by atoms with Crippen LogP contribution in [0.2, 0.25) is 0 Å². The Morgan fingerprint density at radius 3 is 2.72 bits per heavy atom. The lowest BCUT2D eigenvalue weighted by Gasteiger charge is -2.21. The number of aryl methyl sites for hydroxylation is 1. The van der Waals surface area contributed by atoms with E-state index in [0.29, 0.717) is 0 Å². The molecule has 0 unspecified atom stereocenters. The molecule has 1 atom stereocenters. The zero-order valence-electron chi connectivity index (χ0n) is 11.4. The molecule has 1 aliphatic carbocycles. The minimum atomic E-state index is -0.369. The molecule has 0 bridgehead atoms. The van der Waals surface area contributed by atoms with E-state index in [9.17, 15) is 5.11 Å². The van der Waals surface area contributed by atoms with E-state index in [4.69, 9.17) is 0 Å². The normalized spacial score (nSPS) is 18.8. The first-order chi connectivity index (χ1) is 8.70. The topological polar surface area (TPSA) is 33.1 Å². The van der Waals surface area contributed by atoms with Crippen molar-refractivity contribution in [2.45, 2.75) is 68.8 Å². The number of aliphatic hydroxyl groups is 1. The molecule has 1 heterocycles. The fourth-order valence-electron chi connectivity index (χ4n) is 2.53. The van der Waals surface area contributed by atoms with Gasteiger partial charge in [0, 0.05) is 17.0 Å². The lowest BCUT2D eigenvalue weighted by atomic mass is 10.0. The van der Waals surface area contributed by atoms with Gasteiger partial charge in [0.15, 0.2) is 0 Å². The molecule has 1 aromatic rings. The lowest BCUT2D eigenvalue weighted by molar-refractivity contribution is 0.172. The highest BCUT2D eigenvalue weighted by molar-refractivity contribution is 7.99. The summed E-state index contributed by atoms with van der Waals surface area (Å²) in [6.07, 6.45) is 9.01. The van der Waals surface area contributed by atoms with Crippen molar-refractivity contribution in [1.82, 2.24) is 4.98 Å². The number of rotatable bonds is 4.